The molecule has 0 aromatic heterocycles. The lowest BCUT2D eigenvalue weighted by molar-refractivity contribution is 0.314. The smallest absolute Gasteiger partial charge is 0.00724 e. The summed E-state index contributed by atoms with van der Waals surface area (Å²) in [5.41, 5.74) is 0.633. The Balaban J connectivity index is 2.20. The van der Waals surface area contributed by atoms with Crippen LogP contribution in [0.2, 0.25) is 0 Å². The first kappa shape index (κ1) is 13.4. The molecule has 0 aliphatic heterocycles. The molecule has 90 valence electrons. The Labute approximate surface area is 99.8 Å². The highest BCUT2D eigenvalue weighted by Gasteiger charge is 2.33. The second-order valence-electron chi connectivity index (χ2n) is 5.15. The molecule has 0 aromatic carbocycles. The fraction of sp³-hybridized carbons (Fsp3) is 1.00. The predicted molar refractivity (Wildman–Crippen MR) is 71.7 cm³/mol. The summed E-state index contributed by atoms with van der Waals surface area (Å²) >= 11 is 2.09. The van der Waals surface area contributed by atoms with Gasteiger partial charge in [-0.2, -0.15) is 11.8 Å². The third-order valence-electron chi connectivity index (χ3n) is 3.57. The second kappa shape index (κ2) is 6.80. The van der Waals surface area contributed by atoms with Gasteiger partial charge in [-0.1, -0.05) is 20.8 Å². The van der Waals surface area contributed by atoms with Gasteiger partial charge in [-0.05, 0) is 55.6 Å². The molecule has 0 amide bonds. The summed E-state index contributed by atoms with van der Waals surface area (Å²) in [6.07, 6.45) is 6.90. The van der Waals surface area contributed by atoms with Crippen LogP contribution in [0.1, 0.15) is 52.9 Å². The van der Waals surface area contributed by atoms with Gasteiger partial charge < -0.3 is 5.32 Å². The molecule has 0 radical (unpaired) electrons. The monoisotopic (exact) mass is 229 g/mol. The topological polar surface area (TPSA) is 12.0 Å². The molecule has 1 saturated carbocycles. The van der Waals surface area contributed by atoms with Crippen molar-refractivity contribution in [1.29, 1.82) is 0 Å². The zero-order valence-electron chi connectivity index (χ0n) is 10.6. The molecular formula is C13H27NS. The van der Waals surface area contributed by atoms with E-state index >= 15 is 0 Å². The van der Waals surface area contributed by atoms with E-state index in [1.165, 1.54) is 50.2 Å². The van der Waals surface area contributed by atoms with E-state index < -0.39 is 0 Å². The lowest BCUT2D eigenvalue weighted by Crippen LogP contribution is -2.28. The molecule has 15 heavy (non-hydrogen) atoms. The van der Waals surface area contributed by atoms with Gasteiger partial charge in [0.1, 0.15) is 0 Å². The van der Waals surface area contributed by atoms with E-state index in [9.17, 15) is 0 Å². The standard InChI is InChI=1S/C13H27NS/c1-4-9-14-12-6-7-13(3,11-12)8-10-15-5-2/h12,14H,4-11H2,1-3H3. The van der Waals surface area contributed by atoms with Crippen LogP contribution in [0.15, 0.2) is 0 Å². The van der Waals surface area contributed by atoms with Crippen molar-refractivity contribution < 1.29 is 0 Å². The van der Waals surface area contributed by atoms with Gasteiger partial charge in [-0.15, -0.1) is 0 Å². The zero-order valence-corrected chi connectivity index (χ0v) is 11.5. The van der Waals surface area contributed by atoms with Crippen LogP contribution in [0.3, 0.4) is 0 Å². The van der Waals surface area contributed by atoms with Crippen molar-refractivity contribution in [2.75, 3.05) is 18.1 Å². The highest BCUT2D eigenvalue weighted by Crippen LogP contribution is 2.41. The van der Waals surface area contributed by atoms with Crippen molar-refractivity contribution in [3.05, 3.63) is 0 Å². The highest BCUT2D eigenvalue weighted by molar-refractivity contribution is 7.99. The predicted octanol–water partition coefficient (Wildman–Crippen LogP) is 3.69. The maximum atomic E-state index is 3.67. The summed E-state index contributed by atoms with van der Waals surface area (Å²) in [6, 6.07) is 0.807. The molecule has 0 bridgehead atoms. The van der Waals surface area contributed by atoms with Crippen LogP contribution in [0, 0.1) is 5.41 Å². The molecule has 2 heteroatoms. The summed E-state index contributed by atoms with van der Waals surface area (Å²) in [7, 11) is 0. The van der Waals surface area contributed by atoms with Gasteiger partial charge in [0.25, 0.3) is 0 Å². The average Bonchev–Trinajstić information content (AvgIpc) is 2.58. The van der Waals surface area contributed by atoms with E-state index in [0.29, 0.717) is 5.41 Å². The Kier molecular flexibility index (Phi) is 6.06. The average molecular weight is 229 g/mol. The Morgan fingerprint density at radius 2 is 2.20 bits per heavy atom. The van der Waals surface area contributed by atoms with Crippen molar-refractivity contribution in [3.63, 3.8) is 0 Å². The highest BCUT2D eigenvalue weighted by atomic mass is 32.2. The minimum absolute atomic E-state index is 0.633. The minimum Gasteiger partial charge on any atom is -0.314 e. The molecule has 0 spiro atoms. The Morgan fingerprint density at radius 1 is 1.40 bits per heavy atom. The normalized spacial score (nSPS) is 31.0. The van der Waals surface area contributed by atoms with Crippen LogP contribution in [0.25, 0.3) is 0 Å². The van der Waals surface area contributed by atoms with Crippen LogP contribution < -0.4 is 5.32 Å². The van der Waals surface area contributed by atoms with Gasteiger partial charge in [0.05, 0.1) is 0 Å². The van der Waals surface area contributed by atoms with E-state index in [1.807, 2.05) is 0 Å². The molecule has 1 aliphatic rings. The SMILES string of the molecule is CCCNC1CCC(C)(CCSCC)C1. The molecule has 2 unspecified atom stereocenters. The van der Waals surface area contributed by atoms with E-state index in [4.69, 9.17) is 0 Å². The lowest BCUT2D eigenvalue weighted by atomic mass is 9.86. The van der Waals surface area contributed by atoms with Crippen LogP contribution >= 0.6 is 11.8 Å². The van der Waals surface area contributed by atoms with E-state index in [2.05, 4.69) is 37.8 Å². The molecule has 0 saturated heterocycles. The van der Waals surface area contributed by atoms with Crippen LogP contribution in [0.5, 0.6) is 0 Å². The zero-order chi connectivity index (χ0) is 11.1. The van der Waals surface area contributed by atoms with E-state index in [1.54, 1.807) is 0 Å². The number of nitrogens with one attached hydrogen (secondary N) is 1. The Hall–Kier alpha value is 0.310. The van der Waals surface area contributed by atoms with Crippen molar-refractivity contribution in [3.8, 4) is 0 Å². The lowest BCUT2D eigenvalue weighted by Gasteiger charge is -2.24. The number of hydrogen-bond donors (Lipinski definition) is 1. The largest absolute Gasteiger partial charge is 0.314 e. The summed E-state index contributed by atoms with van der Waals surface area (Å²) in [5, 5.41) is 3.67. The third kappa shape index (κ3) is 4.78. The maximum Gasteiger partial charge on any atom is 0.00724 e. The first-order valence-corrected chi connectivity index (χ1v) is 7.67. The molecule has 1 aliphatic carbocycles. The van der Waals surface area contributed by atoms with Gasteiger partial charge in [0.2, 0.25) is 0 Å². The van der Waals surface area contributed by atoms with Gasteiger partial charge >= 0.3 is 0 Å². The fourth-order valence-corrected chi connectivity index (χ4v) is 3.46. The first-order valence-electron chi connectivity index (χ1n) is 6.51. The second-order valence-corrected chi connectivity index (χ2v) is 6.55. The van der Waals surface area contributed by atoms with Gasteiger partial charge in [0.15, 0.2) is 0 Å². The summed E-state index contributed by atoms with van der Waals surface area (Å²) < 4.78 is 0. The first-order chi connectivity index (χ1) is 7.20. The molecule has 2 atom stereocenters. The number of rotatable bonds is 7. The summed E-state index contributed by atoms with van der Waals surface area (Å²) in [4.78, 5) is 0. The summed E-state index contributed by atoms with van der Waals surface area (Å²) in [6.45, 7) is 8.19. The molecule has 0 heterocycles. The molecular weight excluding hydrogens is 202 g/mol. The minimum atomic E-state index is 0.633. The molecule has 0 aromatic rings. The Morgan fingerprint density at radius 3 is 2.87 bits per heavy atom. The van der Waals surface area contributed by atoms with Gasteiger partial charge in [0, 0.05) is 6.04 Å². The number of hydrogen-bond acceptors (Lipinski definition) is 2. The maximum absolute atomic E-state index is 3.67. The molecule has 1 nitrogen and oxygen atoms in total. The fourth-order valence-electron chi connectivity index (χ4n) is 2.53. The Bertz CT molecular complexity index is 172. The van der Waals surface area contributed by atoms with E-state index in [0.717, 1.165) is 6.04 Å². The van der Waals surface area contributed by atoms with Crippen molar-refractivity contribution in [2.45, 2.75) is 58.9 Å². The van der Waals surface area contributed by atoms with Crippen LogP contribution in [0.4, 0.5) is 0 Å². The molecule has 1 N–H and O–H groups in total. The quantitative estimate of drug-likeness (QED) is 0.668. The van der Waals surface area contributed by atoms with Crippen molar-refractivity contribution >= 4 is 11.8 Å². The van der Waals surface area contributed by atoms with Crippen molar-refractivity contribution in [1.82, 2.24) is 5.32 Å². The molecule has 1 fully saturated rings. The van der Waals surface area contributed by atoms with E-state index in [-0.39, 0.29) is 0 Å². The van der Waals surface area contributed by atoms with Crippen LogP contribution in [-0.4, -0.2) is 24.1 Å². The van der Waals surface area contributed by atoms with Gasteiger partial charge in [-0.25, -0.2) is 0 Å². The van der Waals surface area contributed by atoms with Gasteiger partial charge in [-0.3, -0.25) is 0 Å². The summed E-state index contributed by atoms with van der Waals surface area (Å²) in [5.74, 6) is 2.63. The third-order valence-corrected chi connectivity index (χ3v) is 4.47. The van der Waals surface area contributed by atoms with Crippen molar-refractivity contribution in [2.24, 2.45) is 5.41 Å². The molecule has 1 rings (SSSR count). The van der Waals surface area contributed by atoms with Crippen LogP contribution in [-0.2, 0) is 0 Å². The number of thioether (sulfide) groups is 1.